The summed E-state index contributed by atoms with van der Waals surface area (Å²) in [5.41, 5.74) is 0.547. The molecule has 0 unspecified atom stereocenters. The Morgan fingerprint density at radius 1 is 1.24 bits per heavy atom. The molecule has 2 N–H and O–H groups in total. The van der Waals surface area contributed by atoms with Crippen LogP contribution in [-0.4, -0.2) is 25.2 Å². The fourth-order valence-electron chi connectivity index (χ4n) is 1.72. The molecular formula is C15H22N2O3S. The molecule has 0 aromatic heterocycles. The number of hydrogen-bond donors (Lipinski definition) is 2. The van der Waals surface area contributed by atoms with Crippen molar-refractivity contribution in [2.45, 2.75) is 27.2 Å². The van der Waals surface area contributed by atoms with E-state index < -0.39 is 0 Å². The van der Waals surface area contributed by atoms with Crippen LogP contribution in [0.4, 0.5) is 5.69 Å². The minimum Gasteiger partial charge on any atom is -0.497 e. The molecule has 0 aliphatic rings. The largest absolute Gasteiger partial charge is 0.497 e. The van der Waals surface area contributed by atoms with E-state index in [1.807, 2.05) is 20.8 Å². The summed E-state index contributed by atoms with van der Waals surface area (Å²) in [5.74, 6) is 1.16. The van der Waals surface area contributed by atoms with E-state index in [1.54, 1.807) is 32.4 Å². The number of rotatable bonds is 4. The van der Waals surface area contributed by atoms with Crippen LogP contribution < -0.4 is 20.1 Å². The van der Waals surface area contributed by atoms with E-state index in [0.717, 1.165) is 0 Å². The number of nitrogens with one attached hydrogen (secondary N) is 2. The summed E-state index contributed by atoms with van der Waals surface area (Å²) in [5, 5.41) is 5.84. The first-order valence-corrected chi connectivity index (χ1v) is 6.99. The lowest BCUT2D eigenvalue weighted by Gasteiger charge is -2.18. The molecule has 1 aromatic rings. The quantitative estimate of drug-likeness (QED) is 0.837. The van der Waals surface area contributed by atoms with Gasteiger partial charge in [-0.2, -0.15) is 0 Å². The summed E-state index contributed by atoms with van der Waals surface area (Å²) in [6.45, 7) is 5.98. The van der Waals surface area contributed by atoms with Crippen molar-refractivity contribution in [2.75, 3.05) is 19.5 Å². The van der Waals surface area contributed by atoms with E-state index in [-0.39, 0.29) is 16.4 Å². The van der Waals surface area contributed by atoms with Gasteiger partial charge in [-0.15, -0.1) is 0 Å². The van der Waals surface area contributed by atoms with Crippen LogP contribution in [0.5, 0.6) is 11.5 Å². The fourth-order valence-corrected chi connectivity index (χ4v) is 1.94. The van der Waals surface area contributed by atoms with Crippen molar-refractivity contribution in [1.82, 2.24) is 5.32 Å². The van der Waals surface area contributed by atoms with Crippen molar-refractivity contribution in [1.29, 1.82) is 0 Å². The van der Waals surface area contributed by atoms with Crippen LogP contribution >= 0.6 is 12.2 Å². The van der Waals surface area contributed by atoms with Crippen LogP contribution in [0.2, 0.25) is 0 Å². The van der Waals surface area contributed by atoms with Gasteiger partial charge in [0.25, 0.3) is 0 Å². The number of amides is 1. The molecule has 0 atom stereocenters. The molecule has 116 valence electrons. The molecular weight excluding hydrogens is 288 g/mol. The Morgan fingerprint density at radius 3 is 2.43 bits per heavy atom. The van der Waals surface area contributed by atoms with Crippen molar-refractivity contribution in [3.05, 3.63) is 18.2 Å². The highest BCUT2D eigenvalue weighted by Gasteiger charge is 2.17. The first-order valence-electron chi connectivity index (χ1n) is 6.58. The van der Waals surface area contributed by atoms with Crippen LogP contribution in [0.1, 0.15) is 27.2 Å². The summed E-state index contributed by atoms with van der Waals surface area (Å²) < 4.78 is 10.4. The van der Waals surface area contributed by atoms with E-state index in [2.05, 4.69) is 10.6 Å². The second-order valence-corrected chi connectivity index (χ2v) is 6.21. The van der Waals surface area contributed by atoms with E-state index in [4.69, 9.17) is 21.7 Å². The number of carbonyl (C=O) groups is 1. The molecule has 1 rings (SSSR count). The van der Waals surface area contributed by atoms with Gasteiger partial charge < -0.3 is 20.1 Å². The zero-order chi connectivity index (χ0) is 16.0. The third kappa shape index (κ3) is 5.99. The zero-order valence-corrected chi connectivity index (χ0v) is 13.9. The van der Waals surface area contributed by atoms with Crippen LogP contribution in [0.15, 0.2) is 18.2 Å². The molecule has 0 radical (unpaired) electrons. The van der Waals surface area contributed by atoms with Crippen molar-refractivity contribution < 1.29 is 14.3 Å². The number of carbonyl (C=O) groups excluding carboxylic acids is 1. The average Bonchev–Trinajstić information content (AvgIpc) is 2.35. The Balaban J connectivity index is 2.72. The van der Waals surface area contributed by atoms with Crippen LogP contribution in [-0.2, 0) is 4.79 Å². The number of methoxy groups -OCH3 is 2. The van der Waals surface area contributed by atoms with Crippen molar-refractivity contribution in [2.24, 2.45) is 5.41 Å². The van der Waals surface area contributed by atoms with Crippen molar-refractivity contribution in [3.63, 3.8) is 0 Å². The van der Waals surface area contributed by atoms with Crippen molar-refractivity contribution >= 4 is 28.9 Å². The number of hydrogen-bond acceptors (Lipinski definition) is 4. The van der Waals surface area contributed by atoms with Crippen LogP contribution in [0.25, 0.3) is 0 Å². The fraction of sp³-hybridized carbons (Fsp3) is 0.467. The lowest BCUT2D eigenvalue weighted by atomic mass is 9.92. The lowest BCUT2D eigenvalue weighted by molar-refractivity contribution is -0.121. The highest BCUT2D eigenvalue weighted by molar-refractivity contribution is 7.80. The van der Waals surface area contributed by atoms with Gasteiger partial charge in [0.2, 0.25) is 5.91 Å². The molecule has 0 heterocycles. The van der Waals surface area contributed by atoms with Crippen molar-refractivity contribution in [3.8, 4) is 11.5 Å². The average molecular weight is 310 g/mol. The van der Waals surface area contributed by atoms with Gasteiger partial charge in [-0.3, -0.25) is 4.79 Å². The molecule has 0 saturated heterocycles. The Bertz CT molecular complexity index is 524. The number of thiocarbonyl (C=S) groups is 1. The maximum atomic E-state index is 11.8. The zero-order valence-electron chi connectivity index (χ0n) is 13.1. The Kier molecular flexibility index (Phi) is 5.96. The highest BCUT2D eigenvalue weighted by atomic mass is 32.1. The number of anilines is 1. The molecule has 0 bridgehead atoms. The molecule has 0 aliphatic heterocycles. The molecule has 21 heavy (non-hydrogen) atoms. The van der Waals surface area contributed by atoms with Gasteiger partial charge in [0.15, 0.2) is 5.11 Å². The molecule has 0 aliphatic carbocycles. The van der Waals surface area contributed by atoms with E-state index in [9.17, 15) is 4.79 Å². The third-order valence-corrected chi connectivity index (χ3v) is 2.80. The molecule has 1 aromatic carbocycles. The molecule has 0 saturated carbocycles. The predicted molar refractivity (Wildman–Crippen MR) is 88.0 cm³/mol. The van der Waals surface area contributed by atoms with Gasteiger partial charge in [-0.1, -0.05) is 20.8 Å². The molecule has 0 fully saturated rings. The molecule has 5 nitrogen and oxygen atoms in total. The van der Waals surface area contributed by atoms with E-state index in [1.165, 1.54) is 0 Å². The summed E-state index contributed by atoms with van der Waals surface area (Å²) in [7, 11) is 3.14. The van der Waals surface area contributed by atoms with Crippen LogP contribution in [0.3, 0.4) is 0 Å². The number of benzene rings is 1. The molecule has 6 heteroatoms. The smallest absolute Gasteiger partial charge is 0.226 e. The van der Waals surface area contributed by atoms with Gasteiger partial charge in [0, 0.05) is 12.5 Å². The second-order valence-electron chi connectivity index (χ2n) is 5.81. The minimum absolute atomic E-state index is 0.0899. The van der Waals surface area contributed by atoms with E-state index in [0.29, 0.717) is 23.6 Å². The van der Waals surface area contributed by atoms with Gasteiger partial charge in [-0.05, 0) is 29.8 Å². The normalized spacial score (nSPS) is 10.7. The van der Waals surface area contributed by atoms with Gasteiger partial charge in [0.1, 0.15) is 11.5 Å². The SMILES string of the molecule is COc1ccc(OC)c(NC(=S)NC(=O)CC(C)(C)C)c1. The Labute approximate surface area is 131 Å². The monoisotopic (exact) mass is 310 g/mol. The van der Waals surface area contributed by atoms with Gasteiger partial charge in [-0.25, -0.2) is 0 Å². The maximum Gasteiger partial charge on any atom is 0.226 e. The first-order chi connectivity index (χ1) is 9.75. The summed E-state index contributed by atoms with van der Waals surface area (Å²) in [4.78, 5) is 11.8. The second kappa shape index (κ2) is 7.26. The maximum absolute atomic E-state index is 11.8. The predicted octanol–water partition coefficient (Wildman–Crippen LogP) is 2.95. The summed E-state index contributed by atoms with van der Waals surface area (Å²) >= 11 is 5.15. The standard InChI is InChI=1S/C15H22N2O3S/c1-15(2,3)9-13(18)17-14(21)16-11-8-10(19-4)6-7-12(11)20-5/h6-8H,9H2,1-5H3,(H2,16,17,18,21). The first kappa shape index (κ1) is 17.2. The summed E-state index contributed by atoms with van der Waals surface area (Å²) in [6, 6.07) is 5.30. The molecule has 0 spiro atoms. The van der Waals surface area contributed by atoms with E-state index >= 15 is 0 Å². The minimum atomic E-state index is -0.123. The Morgan fingerprint density at radius 2 is 1.90 bits per heavy atom. The highest BCUT2D eigenvalue weighted by Crippen LogP contribution is 2.28. The summed E-state index contributed by atoms with van der Waals surface area (Å²) in [6.07, 6.45) is 0.393. The third-order valence-electron chi connectivity index (χ3n) is 2.60. The molecule has 1 amide bonds. The van der Waals surface area contributed by atoms with Gasteiger partial charge in [0.05, 0.1) is 19.9 Å². The Hall–Kier alpha value is -1.82. The topological polar surface area (TPSA) is 59.6 Å². The lowest BCUT2D eigenvalue weighted by Crippen LogP contribution is -2.36. The van der Waals surface area contributed by atoms with Crippen LogP contribution in [0, 0.1) is 5.41 Å². The van der Waals surface area contributed by atoms with Gasteiger partial charge >= 0.3 is 0 Å². The number of ether oxygens (including phenoxy) is 2.